The number of amides is 1. The molecule has 2 aromatic rings. The molecule has 1 aromatic heterocycles. The number of nitrogens with zero attached hydrogens (tertiary/aromatic N) is 2. The fraction of sp³-hybridized carbons (Fsp3) is 0.500. The van der Waals surface area contributed by atoms with Gasteiger partial charge in [0, 0.05) is 18.5 Å². The first-order valence-corrected chi connectivity index (χ1v) is 8.82. The molecule has 7 nitrogen and oxygen atoms in total. The number of carbonyl (C=O) groups excluding carboxylic acids is 1. The van der Waals surface area contributed by atoms with Gasteiger partial charge in [-0.3, -0.25) is 4.79 Å². The molecule has 1 amide bonds. The molecule has 0 saturated carbocycles. The number of morpholine rings is 1. The summed E-state index contributed by atoms with van der Waals surface area (Å²) in [4.78, 5) is 16.8. The molecule has 132 valence electrons. The van der Waals surface area contributed by atoms with Crippen LogP contribution in [0.25, 0.3) is 11.4 Å². The zero-order valence-corrected chi connectivity index (χ0v) is 14.2. The lowest BCUT2D eigenvalue weighted by Crippen LogP contribution is -2.51. The monoisotopic (exact) mass is 342 g/mol. The molecule has 2 atom stereocenters. The van der Waals surface area contributed by atoms with Crippen molar-refractivity contribution in [1.82, 2.24) is 20.8 Å². The third kappa shape index (κ3) is 3.29. The molecule has 2 aliphatic rings. The molecule has 25 heavy (non-hydrogen) atoms. The van der Waals surface area contributed by atoms with Crippen LogP contribution in [0.4, 0.5) is 0 Å². The average Bonchev–Trinajstić information content (AvgIpc) is 3.29. The number of fused-ring (bicyclic) bond motifs is 1. The minimum Gasteiger partial charge on any atom is -0.378 e. The third-order valence-corrected chi connectivity index (χ3v) is 4.80. The molecule has 1 saturated heterocycles. The quantitative estimate of drug-likeness (QED) is 0.873. The molecular weight excluding hydrogens is 320 g/mol. The average molecular weight is 342 g/mol. The van der Waals surface area contributed by atoms with Gasteiger partial charge in [0.15, 0.2) is 0 Å². The van der Waals surface area contributed by atoms with Gasteiger partial charge >= 0.3 is 0 Å². The van der Waals surface area contributed by atoms with Crippen molar-refractivity contribution in [2.75, 3.05) is 19.8 Å². The largest absolute Gasteiger partial charge is 0.378 e. The summed E-state index contributed by atoms with van der Waals surface area (Å²) in [6.45, 7) is 3.79. The fourth-order valence-corrected chi connectivity index (χ4v) is 3.43. The Morgan fingerprint density at radius 2 is 2.36 bits per heavy atom. The van der Waals surface area contributed by atoms with E-state index in [0.29, 0.717) is 31.5 Å². The zero-order chi connectivity index (χ0) is 17.2. The minimum absolute atomic E-state index is 0.00684. The van der Waals surface area contributed by atoms with Crippen molar-refractivity contribution in [2.45, 2.75) is 38.3 Å². The van der Waals surface area contributed by atoms with Crippen LogP contribution >= 0.6 is 0 Å². The van der Waals surface area contributed by atoms with Gasteiger partial charge in [-0.25, -0.2) is 0 Å². The standard InChI is InChI=1S/C18H22N4O3/c1-2-16-21-17(22-25-16)12-3-5-13-11(9-12)4-6-14(13)20-18(23)15-10-24-8-7-19-15/h3,5,9,14-15,19H,2,4,6-8,10H2,1H3,(H,20,23)/t14-,15?/m1/s1. The van der Waals surface area contributed by atoms with Crippen LogP contribution in [-0.2, 0) is 22.4 Å². The molecule has 2 N–H and O–H groups in total. The number of aromatic nitrogens is 2. The van der Waals surface area contributed by atoms with Crippen LogP contribution in [0.15, 0.2) is 22.7 Å². The molecule has 0 spiro atoms. The molecule has 1 unspecified atom stereocenters. The van der Waals surface area contributed by atoms with E-state index >= 15 is 0 Å². The highest BCUT2D eigenvalue weighted by Crippen LogP contribution is 2.33. The Balaban J connectivity index is 1.48. The predicted octanol–water partition coefficient (Wildman–Crippen LogP) is 1.39. The molecule has 0 bridgehead atoms. The summed E-state index contributed by atoms with van der Waals surface area (Å²) in [5.74, 6) is 1.27. The first kappa shape index (κ1) is 16.2. The van der Waals surface area contributed by atoms with Crippen molar-refractivity contribution >= 4 is 5.91 Å². The van der Waals surface area contributed by atoms with E-state index in [4.69, 9.17) is 9.26 Å². The van der Waals surface area contributed by atoms with Gasteiger partial charge in [0.25, 0.3) is 0 Å². The Kier molecular flexibility index (Phi) is 4.50. The molecular formula is C18H22N4O3. The summed E-state index contributed by atoms with van der Waals surface area (Å²) >= 11 is 0. The first-order valence-electron chi connectivity index (χ1n) is 8.82. The van der Waals surface area contributed by atoms with E-state index in [2.05, 4.69) is 32.9 Å². The summed E-state index contributed by atoms with van der Waals surface area (Å²) < 4.78 is 10.6. The third-order valence-electron chi connectivity index (χ3n) is 4.80. The number of rotatable bonds is 4. The number of hydrogen-bond donors (Lipinski definition) is 2. The topological polar surface area (TPSA) is 89.3 Å². The van der Waals surface area contributed by atoms with Crippen LogP contribution in [0, 0.1) is 0 Å². The SMILES string of the molecule is CCc1nc(-c2ccc3c(c2)CC[C@H]3NC(=O)C2COCCN2)no1. The van der Waals surface area contributed by atoms with Gasteiger partial charge in [-0.2, -0.15) is 4.98 Å². The van der Waals surface area contributed by atoms with Gasteiger partial charge < -0.3 is 19.9 Å². The van der Waals surface area contributed by atoms with E-state index in [1.54, 1.807) is 0 Å². The fourth-order valence-electron chi connectivity index (χ4n) is 3.43. The maximum atomic E-state index is 12.4. The van der Waals surface area contributed by atoms with Gasteiger partial charge in [0.05, 0.1) is 19.3 Å². The molecule has 7 heteroatoms. The van der Waals surface area contributed by atoms with Gasteiger partial charge in [-0.15, -0.1) is 0 Å². The lowest BCUT2D eigenvalue weighted by Gasteiger charge is -2.25. The Hall–Kier alpha value is -2.25. The molecule has 4 rings (SSSR count). The van der Waals surface area contributed by atoms with Crippen LogP contribution < -0.4 is 10.6 Å². The second-order valence-corrected chi connectivity index (χ2v) is 6.46. The van der Waals surface area contributed by atoms with Crippen LogP contribution in [0.5, 0.6) is 0 Å². The number of carbonyl (C=O) groups is 1. The summed E-state index contributed by atoms with van der Waals surface area (Å²) in [7, 11) is 0. The number of hydrogen-bond acceptors (Lipinski definition) is 6. The highest BCUT2D eigenvalue weighted by atomic mass is 16.5. The normalized spacial score (nSPS) is 22.6. The van der Waals surface area contributed by atoms with Crippen LogP contribution in [0.3, 0.4) is 0 Å². The van der Waals surface area contributed by atoms with Gasteiger partial charge in [0.1, 0.15) is 6.04 Å². The summed E-state index contributed by atoms with van der Waals surface area (Å²) in [6.07, 6.45) is 2.57. The van der Waals surface area contributed by atoms with Crippen molar-refractivity contribution in [1.29, 1.82) is 0 Å². The van der Waals surface area contributed by atoms with Gasteiger partial charge in [0.2, 0.25) is 17.6 Å². The molecule has 2 heterocycles. The molecule has 0 radical (unpaired) electrons. The predicted molar refractivity (Wildman–Crippen MR) is 90.9 cm³/mol. The number of ether oxygens (including phenoxy) is 1. The van der Waals surface area contributed by atoms with Crippen molar-refractivity contribution in [3.8, 4) is 11.4 Å². The first-order chi connectivity index (χ1) is 12.2. The Morgan fingerprint density at radius 3 is 3.12 bits per heavy atom. The highest BCUT2D eigenvalue weighted by Gasteiger charge is 2.28. The van der Waals surface area contributed by atoms with Crippen molar-refractivity contribution in [3.63, 3.8) is 0 Å². The van der Waals surface area contributed by atoms with E-state index in [1.165, 1.54) is 11.1 Å². The van der Waals surface area contributed by atoms with Crippen LogP contribution in [0.1, 0.15) is 36.4 Å². The van der Waals surface area contributed by atoms with E-state index in [-0.39, 0.29) is 18.0 Å². The maximum absolute atomic E-state index is 12.4. The smallest absolute Gasteiger partial charge is 0.240 e. The second kappa shape index (κ2) is 6.93. The lowest BCUT2D eigenvalue weighted by atomic mass is 10.0. The van der Waals surface area contributed by atoms with E-state index in [0.717, 1.165) is 24.8 Å². The van der Waals surface area contributed by atoms with Gasteiger partial charge in [-0.05, 0) is 30.0 Å². The Morgan fingerprint density at radius 1 is 1.44 bits per heavy atom. The van der Waals surface area contributed by atoms with E-state index in [9.17, 15) is 4.79 Å². The zero-order valence-electron chi connectivity index (χ0n) is 14.2. The van der Waals surface area contributed by atoms with E-state index in [1.807, 2.05) is 13.0 Å². The van der Waals surface area contributed by atoms with Crippen LogP contribution in [0.2, 0.25) is 0 Å². The number of aryl methyl sites for hydroxylation is 2. The van der Waals surface area contributed by atoms with Crippen molar-refractivity contribution in [3.05, 3.63) is 35.2 Å². The molecule has 1 fully saturated rings. The number of benzene rings is 1. The molecule has 1 aliphatic heterocycles. The van der Waals surface area contributed by atoms with Gasteiger partial charge in [-0.1, -0.05) is 24.2 Å². The van der Waals surface area contributed by atoms with Crippen molar-refractivity contribution in [2.24, 2.45) is 0 Å². The second-order valence-electron chi connectivity index (χ2n) is 6.46. The van der Waals surface area contributed by atoms with Crippen LogP contribution in [-0.4, -0.2) is 41.8 Å². The minimum atomic E-state index is -0.260. The number of nitrogens with one attached hydrogen (secondary N) is 2. The Bertz CT molecular complexity index is 767. The summed E-state index contributed by atoms with van der Waals surface area (Å²) in [5, 5.41) is 10.4. The molecule has 1 aliphatic carbocycles. The summed E-state index contributed by atoms with van der Waals surface area (Å²) in [5.41, 5.74) is 3.36. The lowest BCUT2D eigenvalue weighted by molar-refractivity contribution is -0.126. The molecule has 1 aromatic carbocycles. The maximum Gasteiger partial charge on any atom is 0.240 e. The van der Waals surface area contributed by atoms with Crippen molar-refractivity contribution < 1.29 is 14.1 Å². The highest BCUT2D eigenvalue weighted by molar-refractivity contribution is 5.82. The summed E-state index contributed by atoms with van der Waals surface area (Å²) in [6, 6.07) is 5.96. The Labute approximate surface area is 146 Å². The van der Waals surface area contributed by atoms with E-state index < -0.39 is 0 Å².